The summed E-state index contributed by atoms with van der Waals surface area (Å²) in [6, 6.07) is 3.81. The molecule has 1 aromatic rings. The molecule has 5 amide bonds. The fraction of sp³-hybridized carbons (Fsp3) is 0.455. The Kier molecular flexibility index (Phi) is 11.9. The van der Waals surface area contributed by atoms with Crippen LogP contribution in [0.25, 0.3) is 0 Å². The Hall–Kier alpha value is -4.00. The van der Waals surface area contributed by atoms with Gasteiger partial charge in [0.2, 0.25) is 29.5 Å². The summed E-state index contributed by atoms with van der Waals surface area (Å²) in [5, 5.41) is 16.6. The van der Waals surface area contributed by atoms with Crippen LogP contribution in [0.1, 0.15) is 38.2 Å². The lowest BCUT2D eigenvalue weighted by atomic mass is 10.0. The van der Waals surface area contributed by atoms with Gasteiger partial charge in [0.25, 0.3) is 0 Å². The molecule has 0 spiro atoms. The van der Waals surface area contributed by atoms with Gasteiger partial charge < -0.3 is 38.3 Å². The van der Waals surface area contributed by atoms with Gasteiger partial charge in [-0.2, -0.15) is 0 Å². The molecule has 13 nitrogen and oxygen atoms in total. The minimum absolute atomic E-state index is 0.00590. The summed E-state index contributed by atoms with van der Waals surface area (Å²) in [4.78, 5) is 71.3. The molecule has 0 saturated heterocycles. The molecular formula is C22H32N6O7. The molecule has 4 atom stereocenters. The van der Waals surface area contributed by atoms with Gasteiger partial charge in [0.15, 0.2) is 0 Å². The predicted octanol–water partition coefficient (Wildman–Crippen LogP) is -2.35. The van der Waals surface area contributed by atoms with E-state index >= 15 is 0 Å². The Morgan fingerprint density at radius 2 is 1.34 bits per heavy atom. The van der Waals surface area contributed by atoms with Crippen molar-refractivity contribution in [1.82, 2.24) is 16.0 Å². The smallest absolute Gasteiger partial charge is 0.326 e. The van der Waals surface area contributed by atoms with Crippen molar-refractivity contribution in [2.45, 2.75) is 63.2 Å². The normalized spacial score (nSPS) is 14.0. The number of aliphatic carboxylic acids is 1. The highest BCUT2D eigenvalue weighted by Crippen LogP contribution is 2.06. The minimum atomic E-state index is -1.30. The number of hydrogen-bond acceptors (Lipinski definition) is 7. The molecule has 0 heterocycles. The maximum atomic E-state index is 12.8. The number of nitrogens with two attached hydrogens (primary N) is 3. The van der Waals surface area contributed by atoms with Crippen LogP contribution in [-0.2, 0) is 35.2 Å². The van der Waals surface area contributed by atoms with Crippen LogP contribution in [-0.4, -0.2) is 64.8 Å². The minimum Gasteiger partial charge on any atom is -0.480 e. The van der Waals surface area contributed by atoms with Gasteiger partial charge in [0, 0.05) is 19.3 Å². The van der Waals surface area contributed by atoms with Gasteiger partial charge in [-0.15, -0.1) is 0 Å². The van der Waals surface area contributed by atoms with Crippen LogP contribution in [0.2, 0.25) is 0 Å². The monoisotopic (exact) mass is 492 g/mol. The molecule has 0 bridgehead atoms. The predicted molar refractivity (Wildman–Crippen MR) is 124 cm³/mol. The molecule has 10 N–H and O–H groups in total. The molecule has 192 valence electrons. The van der Waals surface area contributed by atoms with Crippen molar-refractivity contribution in [3.63, 3.8) is 0 Å². The van der Waals surface area contributed by atoms with Crippen LogP contribution in [0.15, 0.2) is 30.3 Å². The topological polar surface area (TPSA) is 237 Å². The highest BCUT2D eigenvalue weighted by atomic mass is 16.4. The summed E-state index contributed by atoms with van der Waals surface area (Å²) in [6.07, 6.45) is -0.583. The van der Waals surface area contributed by atoms with Gasteiger partial charge >= 0.3 is 5.97 Å². The first kappa shape index (κ1) is 29.0. The quantitative estimate of drug-likeness (QED) is 0.139. The molecule has 0 aromatic heterocycles. The van der Waals surface area contributed by atoms with Crippen molar-refractivity contribution in [3.8, 4) is 0 Å². The molecule has 13 heteroatoms. The van der Waals surface area contributed by atoms with Crippen LogP contribution < -0.4 is 33.2 Å². The second-order valence-corrected chi connectivity index (χ2v) is 8.00. The molecule has 35 heavy (non-hydrogen) atoms. The lowest BCUT2D eigenvalue weighted by Gasteiger charge is -2.23. The summed E-state index contributed by atoms with van der Waals surface area (Å²) in [5.41, 5.74) is 16.5. The van der Waals surface area contributed by atoms with E-state index in [0.717, 1.165) is 0 Å². The summed E-state index contributed by atoms with van der Waals surface area (Å²) < 4.78 is 0. The number of primary amides is 2. The van der Waals surface area contributed by atoms with Crippen LogP contribution in [0.3, 0.4) is 0 Å². The highest BCUT2D eigenvalue weighted by Gasteiger charge is 2.29. The van der Waals surface area contributed by atoms with Gasteiger partial charge in [0.05, 0.1) is 6.04 Å². The third kappa shape index (κ3) is 11.1. The van der Waals surface area contributed by atoms with Crippen molar-refractivity contribution < 1.29 is 33.9 Å². The summed E-state index contributed by atoms with van der Waals surface area (Å²) in [5.74, 6) is -4.96. The van der Waals surface area contributed by atoms with E-state index in [2.05, 4.69) is 16.0 Å². The summed E-state index contributed by atoms with van der Waals surface area (Å²) in [7, 11) is 0. The van der Waals surface area contributed by atoms with Gasteiger partial charge in [-0.1, -0.05) is 30.3 Å². The van der Waals surface area contributed by atoms with E-state index < -0.39 is 59.7 Å². The maximum absolute atomic E-state index is 12.8. The number of rotatable bonds is 15. The molecule has 1 aromatic carbocycles. The zero-order valence-corrected chi connectivity index (χ0v) is 19.4. The first-order valence-corrected chi connectivity index (χ1v) is 10.9. The zero-order valence-electron chi connectivity index (χ0n) is 19.4. The zero-order chi connectivity index (χ0) is 26.5. The lowest BCUT2D eigenvalue weighted by Crippen LogP contribution is -2.56. The lowest BCUT2D eigenvalue weighted by molar-refractivity contribution is -0.142. The Morgan fingerprint density at radius 1 is 0.800 bits per heavy atom. The molecule has 1 rings (SSSR count). The average Bonchev–Trinajstić information content (AvgIpc) is 2.79. The van der Waals surface area contributed by atoms with Crippen molar-refractivity contribution in [3.05, 3.63) is 35.9 Å². The van der Waals surface area contributed by atoms with Crippen molar-refractivity contribution in [1.29, 1.82) is 0 Å². The number of amides is 5. The number of nitrogens with one attached hydrogen (secondary N) is 3. The van der Waals surface area contributed by atoms with Crippen LogP contribution in [0.4, 0.5) is 0 Å². The van der Waals surface area contributed by atoms with E-state index in [1.807, 2.05) is 0 Å². The standard InChI is InChI=1S/C22H32N6O7/c1-12(26-20(32)14(23)7-9-17(24)29)19(31)27-15(8-10-18(25)30)21(33)28-16(22(34)35)11-13-5-3-2-4-6-13/h2-6,12,14-16H,7-11,23H2,1H3,(H2,24,29)(H2,25,30)(H,26,32)(H,27,31)(H,28,33)(H,34,35). The number of hydrogen-bond donors (Lipinski definition) is 7. The largest absolute Gasteiger partial charge is 0.480 e. The van der Waals surface area contributed by atoms with Gasteiger partial charge in [-0.3, -0.25) is 24.0 Å². The van der Waals surface area contributed by atoms with Crippen LogP contribution >= 0.6 is 0 Å². The summed E-state index contributed by atoms with van der Waals surface area (Å²) >= 11 is 0. The fourth-order valence-electron chi connectivity index (χ4n) is 2.99. The number of carbonyl (C=O) groups is 6. The van der Waals surface area contributed by atoms with Crippen LogP contribution in [0.5, 0.6) is 0 Å². The Bertz CT molecular complexity index is 924. The molecule has 0 aliphatic heterocycles. The first-order chi connectivity index (χ1) is 16.4. The van der Waals surface area contributed by atoms with E-state index in [-0.39, 0.29) is 32.1 Å². The fourth-order valence-corrected chi connectivity index (χ4v) is 2.99. The van der Waals surface area contributed by atoms with Gasteiger partial charge in [-0.05, 0) is 25.3 Å². The van der Waals surface area contributed by atoms with Gasteiger partial charge in [-0.25, -0.2) is 4.79 Å². The van der Waals surface area contributed by atoms with E-state index in [0.29, 0.717) is 5.56 Å². The van der Waals surface area contributed by atoms with Gasteiger partial charge in [0.1, 0.15) is 18.1 Å². The second kappa shape index (κ2) is 14.3. The van der Waals surface area contributed by atoms with E-state index in [1.165, 1.54) is 6.92 Å². The number of benzene rings is 1. The molecule has 0 radical (unpaired) electrons. The first-order valence-electron chi connectivity index (χ1n) is 10.9. The van der Waals surface area contributed by atoms with Crippen LogP contribution in [0, 0.1) is 0 Å². The van der Waals surface area contributed by atoms with E-state index in [4.69, 9.17) is 17.2 Å². The third-order valence-electron chi connectivity index (χ3n) is 5.00. The van der Waals surface area contributed by atoms with Crippen molar-refractivity contribution >= 4 is 35.5 Å². The molecule has 0 aliphatic rings. The van der Waals surface area contributed by atoms with Crippen molar-refractivity contribution in [2.75, 3.05) is 0 Å². The third-order valence-corrected chi connectivity index (χ3v) is 5.00. The van der Waals surface area contributed by atoms with E-state index in [9.17, 15) is 33.9 Å². The maximum Gasteiger partial charge on any atom is 0.326 e. The number of carbonyl (C=O) groups excluding carboxylic acids is 5. The SMILES string of the molecule is CC(NC(=O)C(N)CCC(N)=O)C(=O)NC(CCC(N)=O)C(=O)NC(Cc1ccccc1)C(=O)O. The van der Waals surface area contributed by atoms with E-state index in [1.54, 1.807) is 30.3 Å². The average molecular weight is 493 g/mol. The Balaban J connectivity index is 2.83. The Morgan fingerprint density at radius 3 is 1.89 bits per heavy atom. The highest BCUT2D eigenvalue weighted by molar-refractivity contribution is 5.94. The molecule has 0 fully saturated rings. The summed E-state index contributed by atoms with van der Waals surface area (Å²) in [6.45, 7) is 1.34. The van der Waals surface area contributed by atoms with Crippen molar-refractivity contribution in [2.24, 2.45) is 17.2 Å². The number of carboxylic acids is 1. The second-order valence-electron chi connectivity index (χ2n) is 8.00. The molecule has 0 aliphatic carbocycles. The molecule has 4 unspecified atom stereocenters. The molecular weight excluding hydrogens is 460 g/mol. The number of carboxylic acid groups (broad SMARTS) is 1. The Labute approximate surface area is 202 Å². The molecule has 0 saturated carbocycles.